The zero-order valence-corrected chi connectivity index (χ0v) is 62.2. The molecular formula is C79H128O17P2. The van der Waals surface area contributed by atoms with Gasteiger partial charge in [-0.05, 0) is 141 Å². The number of esters is 4. The zero-order chi connectivity index (χ0) is 71.8. The molecule has 5 unspecified atom stereocenters. The van der Waals surface area contributed by atoms with Crippen LogP contribution in [0.15, 0.2) is 158 Å². The largest absolute Gasteiger partial charge is 0.472 e. The third kappa shape index (κ3) is 69.2. The van der Waals surface area contributed by atoms with Gasteiger partial charge in [0.15, 0.2) is 12.2 Å². The van der Waals surface area contributed by atoms with Gasteiger partial charge in [-0.2, -0.15) is 0 Å². The highest BCUT2D eigenvalue weighted by molar-refractivity contribution is 7.47. The first-order chi connectivity index (χ1) is 47.7. The molecule has 0 aliphatic heterocycles. The van der Waals surface area contributed by atoms with Crippen LogP contribution in [0.4, 0.5) is 0 Å². The minimum Gasteiger partial charge on any atom is -0.462 e. The highest BCUT2D eigenvalue weighted by Crippen LogP contribution is 2.45. The molecule has 3 N–H and O–H groups in total. The molecule has 0 radical (unpaired) electrons. The molecule has 0 heterocycles. The summed E-state index contributed by atoms with van der Waals surface area (Å²) in [6.07, 6.45) is 80.0. The second-order valence-corrected chi connectivity index (χ2v) is 26.7. The summed E-state index contributed by atoms with van der Waals surface area (Å²) in [5, 5.41) is 10.6. The van der Waals surface area contributed by atoms with E-state index >= 15 is 0 Å². The van der Waals surface area contributed by atoms with Gasteiger partial charge in [-0.3, -0.25) is 37.3 Å². The number of phosphoric acid groups is 2. The van der Waals surface area contributed by atoms with Crippen LogP contribution in [-0.2, 0) is 65.4 Å². The van der Waals surface area contributed by atoms with E-state index in [1.807, 2.05) is 30.4 Å². The molecule has 0 fully saturated rings. The lowest BCUT2D eigenvalue weighted by atomic mass is 10.1. The van der Waals surface area contributed by atoms with Gasteiger partial charge < -0.3 is 33.8 Å². The molecule has 0 bridgehead atoms. The van der Waals surface area contributed by atoms with E-state index in [9.17, 15) is 43.2 Å². The average Bonchev–Trinajstić information content (AvgIpc) is 0.969. The second kappa shape index (κ2) is 70.1. The molecule has 0 aliphatic rings. The van der Waals surface area contributed by atoms with Crippen molar-refractivity contribution in [2.24, 2.45) is 0 Å². The van der Waals surface area contributed by atoms with Gasteiger partial charge in [-0.25, -0.2) is 9.13 Å². The van der Waals surface area contributed by atoms with E-state index in [1.165, 1.54) is 25.7 Å². The molecule has 0 rings (SSSR count). The van der Waals surface area contributed by atoms with E-state index < -0.39 is 97.5 Å². The molecule has 0 aromatic rings. The first-order valence-corrected chi connectivity index (χ1v) is 39.7. The molecule has 0 spiro atoms. The number of aliphatic hydroxyl groups is 1. The Labute approximate surface area is 591 Å². The van der Waals surface area contributed by atoms with Crippen LogP contribution >= 0.6 is 15.6 Å². The van der Waals surface area contributed by atoms with Crippen molar-refractivity contribution in [3.05, 3.63) is 158 Å². The third-order valence-electron chi connectivity index (χ3n) is 14.5. The molecule has 0 aromatic carbocycles. The van der Waals surface area contributed by atoms with Gasteiger partial charge in [0.1, 0.15) is 19.3 Å². The summed E-state index contributed by atoms with van der Waals surface area (Å²) >= 11 is 0. The zero-order valence-electron chi connectivity index (χ0n) is 60.4. The van der Waals surface area contributed by atoms with Crippen LogP contribution in [0.25, 0.3) is 0 Å². The maximum Gasteiger partial charge on any atom is 0.472 e. The normalized spacial score (nSPS) is 14.9. The first kappa shape index (κ1) is 92.7. The lowest BCUT2D eigenvalue weighted by Crippen LogP contribution is -2.30. The Morgan fingerprint density at radius 2 is 0.602 bits per heavy atom. The van der Waals surface area contributed by atoms with Crippen molar-refractivity contribution in [3.8, 4) is 0 Å². The van der Waals surface area contributed by atoms with Crippen molar-refractivity contribution in [1.82, 2.24) is 0 Å². The van der Waals surface area contributed by atoms with E-state index in [0.29, 0.717) is 32.1 Å². The smallest absolute Gasteiger partial charge is 0.462 e. The number of carbonyl (C=O) groups excluding carboxylic acids is 4. The first-order valence-electron chi connectivity index (χ1n) is 36.7. The number of hydrogen-bond donors (Lipinski definition) is 3. The number of hydrogen-bond acceptors (Lipinski definition) is 15. The maximum absolute atomic E-state index is 13.1. The second-order valence-electron chi connectivity index (χ2n) is 23.8. The minimum absolute atomic E-state index is 0.0528. The molecule has 19 heteroatoms. The maximum atomic E-state index is 13.1. The Hall–Kier alpha value is -5.32. The Bertz CT molecular complexity index is 2480. The van der Waals surface area contributed by atoms with Crippen LogP contribution in [0.3, 0.4) is 0 Å². The number of unbranched alkanes of at least 4 members (excludes halogenated alkanes) is 16. The molecule has 0 aromatic heterocycles. The summed E-state index contributed by atoms with van der Waals surface area (Å²) in [5.74, 6) is -2.43. The lowest BCUT2D eigenvalue weighted by Gasteiger charge is -2.21. The van der Waals surface area contributed by atoms with Gasteiger partial charge in [-0.1, -0.05) is 250 Å². The quantitative estimate of drug-likeness (QED) is 0.0169. The Morgan fingerprint density at radius 3 is 0.990 bits per heavy atom. The Balaban J connectivity index is 5.48. The minimum atomic E-state index is -5.00. The summed E-state index contributed by atoms with van der Waals surface area (Å²) in [5.41, 5.74) is 0. The van der Waals surface area contributed by atoms with Crippen LogP contribution < -0.4 is 0 Å². The summed E-state index contributed by atoms with van der Waals surface area (Å²) in [4.78, 5) is 72.7. The average molecular weight is 1410 g/mol. The number of rotatable bonds is 67. The highest BCUT2D eigenvalue weighted by atomic mass is 31.2. The molecular weight excluding hydrogens is 1280 g/mol. The third-order valence-corrected chi connectivity index (χ3v) is 16.4. The summed E-state index contributed by atoms with van der Waals surface area (Å²) in [7, 11) is -10.0. The van der Waals surface area contributed by atoms with Gasteiger partial charge in [-0.15, -0.1) is 0 Å². The van der Waals surface area contributed by atoms with E-state index in [2.05, 4.69) is 149 Å². The van der Waals surface area contributed by atoms with Gasteiger partial charge in [0.05, 0.1) is 32.8 Å². The summed E-state index contributed by atoms with van der Waals surface area (Å²) < 4.78 is 68.1. The number of carbonyl (C=O) groups is 4. The van der Waals surface area contributed by atoms with Crippen molar-refractivity contribution in [1.29, 1.82) is 0 Å². The van der Waals surface area contributed by atoms with E-state index in [4.69, 9.17) is 37.0 Å². The Kier molecular flexibility index (Phi) is 66.3. The van der Waals surface area contributed by atoms with E-state index in [1.54, 1.807) is 6.08 Å². The molecule has 0 saturated heterocycles. The molecule has 556 valence electrons. The molecule has 0 saturated carbocycles. The SMILES string of the molecule is CC/C=C\C/C=C\C/C=C\C/C=C\C/C=C\CCCC(=O)OCC(COP(=O)(O)OCC(O)COP(=O)(O)OCC(COC(=O)C/C=C\C/C=C\C/C=C\C/C=C\C/C=C\CC)OC(=O)CCCCCCC/C=C\C/C=C\CCC)OC(=O)CCCCCCC/C=C\CCCCCC. The highest BCUT2D eigenvalue weighted by Gasteiger charge is 2.30. The van der Waals surface area contributed by atoms with Crippen molar-refractivity contribution in [3.63, 3.8) is 0 Å². The standard InChI is InChI=1S/C79H128O17P2/c1-5-9-13-17-21-25-29-33-35-36-38-42-44-48-52-56-60-64-77(82)90-70-75(96-79(84)66-62-58-54-50-46-40-32-28-24-20-16-12-8-4)72-94-98(87,88)92-68-73(80)67-91-97(85,86)93-71-74(95-78(83)65-61-57-53-49-45-39-31-27-23-19-15-11-7-3)69-89-76(81)63-59-55-51-47-43-41-37-34-30-26-22-18-14-10-6-2/h9-10,13-15,19,21-22,25-28,31-35,37-38,42-43,47-48,52,55,59,73-75,80H,5-8,11-12,16-18,20,23-24,29-30,36,39-41,44-46,49-51,53-54,56-58,60-72H2,1-4H3,(H,85,86)(H,87,88)/b13-9-,14-10-,19-15-,25-21-,26-22-,31-27-,32-28-,35-33-,37-34-,42-38-,47-43-,52-48-,59-55-. The number of aliphatic hydroxyl groups excluding tert-OH is 1. The van der Waals surface area contributed by atoms with E-state index in [0.717, 1.165) is 148 Å². The lowest BCUT2D eigenvalue weighted by molar-refractivity contribution is -0.161. The van der Waals surface area contributed by atoms with Gasteiger partial charge in [0, 0.05) is 19.3 Å². The predicted octanol–water partition coefficient (Wildman–Crippen LogP) is 20.9. The predicted molar refractivity (Wildman–Crippen MR) is 399 cm³/mol. The Morgan fingerprint density at radius 1 is 0.306 bits per heavy atom. The monoisotopic (exact) mass is 1410 g/mol. The van der Waals surface area contributed by atoms with Crippen molar-refractivity contribution in [2.45, 2.75) is 277 Å². The van der Waals surface area contributed by atoms with Crippen LogP contribution in [0, 0.1) is 0 Å². The van der Waals surface area contributed by atoms with Gasteiger partial charge in [0.2, 0.25) is 0 Å². The van der Waals surface area contributed by atoms with Crippen molar-refractivity contribution in [2.75, 3.05) is 39.6 Å². The van der Waals surface area contributed by atoms with E-state index in [-0.39, 0.29) is 25.7 Å². The van der Waals surface area contributed by atoms with Crippen molar-refractivity contribution >= 4 is 39.5 Å². The fourth-order valence-electron chi connectivity index (χ4n) is 8.95. The molecule has 0 aliphatic carbocycles. The van der Waals surface area contributed by atoms with Gasteiger partial charge in [0.25, 0.3) is 0 Å². The van der Waals surface area contributed by atoms with Crippen LogP contribution in [0.2, 0.25) is 0 Å². The number of allylic oxidation sites excluding steroid dienone is 25. The summed E-state index contributed by atoms with van der Waals surface area (Å²) in [6.45, 7) is 4.32. The topological polar surface area (TPSA) is 237 Å². The molecule has 98 heavy (non-hydrogen) atoms. The molecule has 5 atom stereocenters. The fourth-order valence-corrected chi connectivity index (χ4v) is 10.5. The molecule has 0 amide bonds. The summed E-state index contributed by atoms with van der Waals surface area (Å²) in [6, 6.07) is 0. The van der Waals surface area contributed by atoms with Crippen LogP contribution in [-0.4, -0.2) is 96.7 Å². The van der Waals surface area contributed by atoms with Gasteiger partial charge >= 0.3 is 39.5 Å². The van der Waals surface area contributed by atoms with Crippen LogP contribution in [0.1, 0.15) is 259 Å². The number of ether oxygens (including phenoxy) is 4. The molecule has 17 nitrogen and oxygen atoms in total. The number of phosphoric ester groups is 2. The fraction of sp³-hybridized carbons (Fsp3) is 0.620. The van der Waals surface area contributed by atoms with Crippen LogP contribution in [0.5, 0.6) is 0 Å². The van der Waals surface area contributed by atoms with Crippen molar-refractivity contribution < 1.29 is 80.2 Å².